The van der Waals surface area contributed by atoms with Crippen LogP contribution >= 0.6 is 0 Å². The molecule has 0 unspecified atom stereocenters. The number of aryl methyl sites for hydroxylation is 1. The van der Waals surface area contributed by atoms with Gasteiger partial charge in [-0.1, -0.05) is 60.7 Å². The number of likely N-dealkylation sites (N-methyl/N-ethyl adjacent to an activating group) is 3. The lowest BCUT2D eigenvalue weighted by Crippen LogP contribution is -2.56. The molecule has 4 N–H and O–H groups in total. The number of piperidine rings is 1. The van der Waals surface area contributed by atoms with Crippen molar-refractivity contribution in [2.24, 2.45) is 5.41 Å². The van der Waals surface area contributed by atoms with Crippen molar-refractivity contribution in [2.45, 2.75) is 102 Å². The number of ether oxygens (including phenoxy) is 5. The number of ketones is 1. The van der Waals surface area contributed by atoms with Crippen molar-refractivity contribution in [3.05, 3.63) is 125 Å². The van der Waals surface area contributed by atoms with Crippen molar-refractivity contribution in [2.75, 3.05) is 74.8 Å². The first-order valence-electron chi connectivity index (χ1n) is 28.3. The summed E-state index contributed by atoms with van der Waals surface area (Å²) >= 11 is 0. The smallest absolute Gasteiger partial charge is 0.330 e. The normalized spacial score (nSPS) is 21.0. The fourth-order valence-electron chi connectivity index (χ4n) is 9.76. The molecule has 1 saturated heterocycles. The summed E-state index contributed by atoms with van der Waals surface area (Å²) in [6.07, 6.45) is 4.65. The van der Waals surface area contributed by atoms with E-state index in [0.717, 1.165) is 4.90 Å². The van der Waals surface area contributed by atoms with Crippen molar-refractivity contribution in [1.29, 1.82) is 0 Å². The molecule has 4 aromatic carbocycles. The van der Waals surface area contributed by atoms with Crippen molar-refractivity contribution in [1.82, 2.24) is 30.2 Å². The van der Waals surface area contributed by atoms with Gasteiger partial charge in [0.25, 0.3) is 11.8 Å². The highest BCUT2D eigenvalue weighted by molar-refractivity contribution is 6.38. The Morgan fingerprint density at radius 1 is 0.729 bits per heavy atom. The Balaban J connectivity index is 1.32. The SMILES string of the molecule is COc1cc(O)c(CC[C@H]2OC(=O)[C@@H]3CCCCN3C(=O)C(=O)C(C)(C)COC(=O)C=CCCCCN(C)C(=O)CNC(=O)CN(C)C(=O)[C@@H](Cc3ccccc3)NC(=O)[C@H](Cc3ccc(O)cc3)N(C)C(=O)COc3cccc2c3)cc1OC. The first-order valence-corrected chi connectivity index (χ1v) is 28.3. The van der Waals surface area contributed by atoms with E-state index in [4.69, 9.17) is 23.7 Å². The molecule has 0 aromatic heterocycles. The van der Waals surface area contributed by atoms with E-state index in [9.17, 15) is 53.4 Å². The molecule has 0 spiro atoms. The minimum atomic E-state index is -1.49. The number of hydrogen-bond acceptors (Lipinski definition) is 16. The molecule has 2 aliphatic rings. The summed E-state index contributed by atoms with van der Waals surface area (Å²) in [4.78, 5) is 130. The predicted molar refractivity (Wildman–Crippen MR) is 311 cm³/mol. The molecule has 456 valence electrons. The quantitative estimate of drug-likeness (QED) is 0.129. The molecule has 2 aliphatic heterocycles. The number of carbonyl (C=O) groups is 9. The summed E-state index contributed by atoms with van der Waals surface area (Å²) in [6, 6.07) is 20.7. The Morgan fingerprint density at radius 2 is 1.42 bits per heavy atom. The summed E-state index contributed by atoms with van der Waals surface area (Å²) in [7, 11) is 7.26. The number of hydrogen-bond donors (Lipinski definition) is 4. The molecule has 0 radical (unpaired) electrons. The van der Waals surface area contributed by atoms with Crippen LogP contribution in [0.4, 0.5) is 0 Å². The number of Topliss-reactive ketones (excluding diaryl/α,β-unsaturated/α-hetero) is 1. The first-order chi connectivity index (χ1) is 40.6. The zero-order valence-electron chi connectivity index (χ0n) is 49.3. The second-order valence-corrected chi connectivity index (χ2v) is 21.8. The lowest BCUT2D eigenvalue weighted by Gasteiger charge is -2.36. The second-order valence-electron chi connectivity index (χ2n) is 21.8. The fourth-order valence-corrected chi connectivity index (χ4v) is 9.76. The Hall–Kier alpha value is -8.95. The Morgan fingerprint density at radius 3 is 2.14 bits per heavy atom. The number of allylic oxidation sites excluding steroid dienone is 1. The third-order valence-electron chi connectivity index (χ3n) is 14.9. The van der Waals surface area contributed by atoms with Gasteiger partial charge in [-0.2, -0.15) is 0 Å². The van der Waals surface area contributed by atoms with Crippen LogP contribution in [0.1, 0.15) is 87.2 Å². The lowest BCUT2D eigenvalue weighted by atomic mass is 9.87. The number of phenolic OH excluding ortho intramolecular Hbond substituents is 2. The van der Waals surface area contributed by atoms with Gasteiger partial charge in [0.15, 0.2) is 18.1 Å². The van der Waals surface area contributed by atoms with Gasteiger partial charge in [-0.05, 0) is 118 Å². The van der Waals surface area contributed by atoms with Crippen LogP contribution in [0.5, 0.6) is 28.7 Å². The van der Waals surface area contributed by atoms with Crippen LogP contribution in [0.25, 0.3) is 0 Å². The predicted octanol–water partition coefficient (Wildman–Crippen LogP) is 4.80. The molecule has 6 rings (SSSR count). The maximum absolute atomic E-state index is 14.7. The molecule has 0 saturated carbocycles. The van der Waals surface area contributed by atoms with Gasteiger partial charge in [0.1, 0.15) is 48.1 Å². The fraction of sp³-hybridized carbons (Fsp3) is 0.444. The van der Waals surface area contributed by atoms with E-state index in [-0.39, 0.29) is 68.2 Å². The Kier molecular flexibility index (Phi) is 23.9. The zero-order valence-corrected chi connectivity index (χ0v) is 49.3. The van der Waals surface area contributed by atoms with E-state index < -0.39 is 103 Å². The Labute approximate surface area is 495 Å². The van der Waals surface area contributed by atoms with Crippen molar-refractivity contribution in [3.63, 3.8) is 0 Å². The molecule has 4 aromatic rings. The first kappa shape index (κ1) is 65.2. The van der Waals surface area contributed by atoms with Crippen molar-refractivity contribution < 1.29 is 77.0 Å². The number of cyclic esters (lactones) is 2. The average molecular weight is 1180 g/mol. The molecular formula is C63H78N6O16. The summed E-state index contributed by atoms with van der Waals surface area (Å²) in [5.74, 6) is -5.75. The molecule has 0 aliphatic carbocycles. The van der Waals surface area contributed by atoms with E-state index in [1.54, 1.807) is 85.9 Å². The van der Waals surface area contributed by atoms with Crippen LogP contribution in [-0.2, 0) is 71.9 Å². The summed E-state index contributed by atoms with van der Waals surface area (Å²) in [5, 5.41) is 26.6. The van der Waals surface area contributed by atoms with E-state index >= 15 is 0 Å². The minimum Gasteiger partial charge on any atom is -0.508 e. The van der Waals surface area contributed by atoms with Crippen LogP contribution in [0.2, 0.25) is 0 Å². The molecular weight excluding hydrogens is 1100 g/mol. The van der Waals surface area contributed by atoms with Gasteiger partial charge >= 0.3 is 11.9 Å². The summed E-state index contributed by atoms with van der Waals surface area (Å²) in [6.45, 7) is 1.48. The Bertz CT molecular complexity index is 3040. The van der Waals surface area contributed by atoms with Gasteiger partial charge in [0, 0.05) is 59.2 Å². The number of methoxy groups -OCH3 is 2. The largest absolute Gasteiger partial charge is 0.508 e. The van der Waals surface area contributed by atoms with Gasteiger partial charge < -0.3 is 64.1 Å². The van der Waals surface area contributed by atoms with Crippen LogP contribution < -0.4 is 24.8 Å². The highest BCUT2D eigenvalue weighted by Gasteiger charge is 2.43. The average Bonchev–Trinajstić information content (AvgIpc) is 3.39. The number of nitrogens with zero attached hydrogens (tertiary/aromatic N) is 4. The molecule has 22 nitrogen and oxygen atoms in total. The zero-order chi connectivity index (χ0) is 61.8. The number of nitrogens with one attached hydrogen (secondary N) is 2. The highest BCUT2D eigenvalue weighted by Crippen LogP contribution is 2.37. The van der Waals surface area contributed by atoms with E-state index in [1.165, 1.54) is 81.1 Å². The van der Waals surface area contributed by atoms with Gasteiger partial charge in [-0.25, -0.2) is 9.59 Å². The van der Waals surface area contributed by atoms with Gasteiger partial charge in [0.2, 0.25) is 29.4 Å². The van der Waals surface area contributed by atoms with Crippen LogP contribution in [0, 0.1) is 5.41 Å². The number of rotatable bonds is 9. The number of benzene rings is 4. The monoisotopic (exact) mass is 1170 g/mol. The van der Waals surface area contributed by atoms with E-state index in [2.05, 4.69) is 10.6 Å². The summed E-state index contributed by atoms with van der Waals surface area (Å²) in [5.41, 5.74) is 0.590. The highest BCUT2D eigenvalue weighted by atomic mass is 16.5. The van der Waals surface area contributed by atoms with Crippen LogP contribution in [-0.4, -0.2) is 176 Å². The molecule has 6 amide bonds. The van der Waals surface area contributed by atoms with Crippen LogP contribution in [0.3, 0.4) is 0 Å². The van der Waals surface area contributed by atoms with Gasteiger partial charge in [-0.3, -0.25) is 33.6 Å². The number of carbonyl (C=O) groups excluding carboxylic acids is 9. The molecule has 2 bridgehead atoms. The number of fused-ring (bicyclic) bond motifs is 3. The molecule has 85 heavy (non-hydrogen) atoms. The van der Waals surface area contributed by atoms with Gasteiger partial charge in [0.05, 0.1) is 32.7 Å². The molecule has 2 heterocycles. The second kappa shape index (κ2) is 31.1. The van der Waals surface area contributed by atoms with E-state index in [1.807, 2.05) is 0 Å². The molecule has 22 heteroatoms. The maximum Gasteiger partial charge on any atom is 0.330 e. The van der Waals surface area contributed by atoms with Crippen LogP contribution in [0.15, 0.2) is 103 Å². The topological polar surface area (TPSA) is 277 Å². The van der Waals surface area contributed by atoms with E-state index in [0.29, 0.717) is 66.7 Å². The number of aromatic hydroxyl groups is 2. The van der Waals surface area contributed by atoms with Gasteiger partial charge in [-0.15, -0.1) is 0 Å². The number of esters is 2. The summed E-state index contributed by atoms with van der Waals surface area (Å²) < 4.78 is 28.7. The standard InChI is InChI=1S/C63H78N6O16/c1-63(2)40-84-57(75)23-13-8-9-15-30-66(3)55(73)37-64-54(72)38-67(4)60(78)47(32-41-18-11-10-12-19-41)65-59(77)49(33-42-24-27-45(70)28-25-42)68(5)56(74)39-83-46-21-17-20-44(34-46)51(29-26-43-35-52(81-6)53(82-7)36-50(43)71)85-62(80)48-22-14-16-31-69(48)61(79)58(63)76/h10-13,17-21,23-25,27-28,34-36,47-49,51,70-71H,8-9,14-16,22,26,29-33,37-40H2,1-7H3,(H,64,72)(H,65,77)/t47-,48+,49+,51-/m1/s1. The number of phenols is 2. The van der Waals surface area contributed by atoms with Crippen molar-refractivity contribution >= 4 is 53.2 Å². The third-order valence-corrected chi connectivity index (χ3v) is 14.9. The third kappa shape index (κ3) is 18.8. The molecule has 4 atom stereocenters. The lowest BCUT2D eigenvalue weighted by molar-refractivity contribution is -0.165. The molecule has 1 fully saturated rings. The minimum absolute atomic E-state index is 0.00435. The maximum atomic E-state index is 14.7. The van der Waals surface area contributed by atoms with Crippen molar-refractivity contribution in [3.8, 4) is 28.7 Å². The number of amides is 6.